The number of guanidine groups is 1. The van der Waals surface area contributed by atoms with Crippen molar-refractivity contribution in [3.05, 3.63) is 53.5 Å². The number of benzene rings is 1. The second kappa shape index (κ2) is 5.28. The minimum atomic E-state index is 0.0113. The Morgan fingerprint density at radius 1 is 1.15 bits per heavy atom. The molecule has 1 aliphatic rings. The number of aromatic nitrogens is 2. The zero-order valence-electron chi connectivity index (χ0n) is 11.2. The highest BCUT2D eigenvalue weighted by Gasteiger charge is 2.22. The number of nitrogens with zero attached hydrogens (tertiary/aromatic N) is 3. The zero-order valence-corrected chi connectivity index (χ0v) is 11.2. The Morgan fingerprint density at radius 2 is 1.95 bits per heavy atom. The van der Waals surface area contributed by atoms with Crippen LogP contribution in [-0.2, 0) is 12.8 Å². The van der Waals surface area contributed by atoms with Gasteiger partial charge < -0.3 is 11.5 Å². The molecule has 4 N–H and O–H groups in total. The van der Waals surface area contributed by atoms with Crippen LogP contribution < -0.4 is 11.5 Å². The number of hydrogen-bond donors (Lipinski definition) is 2. The molecular formula is C15H17N5. The van der Waals surface area contributed by atoms with E-state index in [4.69, 9.17) is 11.5 Å². The number of hydrogen-bond acceptors (Lipinski definition) is 3. The molecule has 0 radical (unpaired) electrons. The molecule has 3 rings (SSSR count). The highest BCUT2D eigenvalue weighted by molar-refractivity contribution is 5.78. The molecule has 20 heavy (non-hydrogen) atoms. The Bertz CT molecular complexity index is 632. The Morgan fingerprint density at radius 3 is 2.70 bits per heavy atom. The van der Waals surface area contributed by atoms with Crippen molar-refractivity contribution in [2.75, 3.05) is 0 Å². The molecule has 0 aliphatic heterocycles. The van der Waals surface area contributed by atoms with E-state index in [1.54, 1.807) is 6.20 Å². The van der Waals surface area contributed by atoms with Crippen LogP contribution in [0.4, 0.5) is 5.82 Å². The molecule has 1 heterocycles. The maximum atomic E-state index is 5.36. The maximum Gasteiger partial charge on any atom is 0.192 e. The lowest BCUT2D eigenvalue weighted by atomic mass is 9.84. The van der Waals surface area contributed by atoms with Gasteiger partial charge in [0.2, 0.25) is 0 Å². The van der Waals surface area contributed by atoms with Crippen molar-refractivity contribution in [1.29, 1.82) is 0 Å². The van der Waals surface area contributed by atoms with E-state index >= 15 is 0 Å². The molecule has 0 bridgehead atoms. The van der Waals surface area contributed by atoms with Gasteiger partial charge in [0.15, 0.2) is 11.8 Å². The molecule has 5 nitrogen and oxygen atoms in total. The average molecular weight is 267 g/mol. The van der Waals surface area contributed by atoms with E-state index in [0.717, 1.165) is 30.7 Å². The lowest BCUT2D eigenvalue weighted by Gasteiger charge is -2.23. The van der Waals surface area contributed by atoms with Crippen LogP contribution in [0.1, 0.15) is 29.3 Å². The smallest absolute Gasteiger partial charge is 0.192 e. The monoisotopic (exact) mass is 267 g/mol. The van der Waals surface area contributed by atoms with Crippen molar-refractivity contribution in [2.24, 2.45) is 16.5 Å². The number of rotatable bonds is 2. The predicted molar refractivity (Wildman–Crippen MR) is 78.7 cm³/mol. The lowest BCUT2D eigenvalue weighted by Crippen LogP contribution is -2.22. The topological polar surface area (TPSA) is 90.2 Å². The summed E-state index contributed by atoms with van der Waals surface area (Å²) in [4.78, 5) is 12.9. The summed E-state index contributed by atoms with van der Waals surface area (Å²) in [7, 11) is 0. The van der Waals surface area contributed by atoms with Gasteiger partial charge in [-0.2, -0.15) is 4.99 Å². The fraction of sp³-hybridized carbons (Fsp3) is 0.267. The minimum absolute atomic E-state index is 0.0113. The molecule has 102 valence electrons. The van der Waals surface area contributed by atoms with Gasteiger partial charge >= 0.3 is 0 Å². The lowest BCUT2D eigenvalue weighted by molar-refractivity contribution is 0.562. The largest absolute Gasteiger partial charge is 0.370 e. The molecule has 2 aromatic rings. The van der Waals surface area contributed by atoms with Crippen LogP contribution in [0.25, 0.3) is 0 Å². The van der Waals surface area contributed by atoms with Crippen molar-refractivity contribution < 1.29 is 0 Å². The summed E-state index contributed by atoms with van der Waals surface area (Å²) in [5, 5.41) is 0. The first-order valence-electron chi connectivity index (χ1n) is 6.72. The van der Waals surface area contributed by atoms with Gasteiger partial charge in [-0.3, -0.25) is 4.98 Å². The second-order valence-electron chi connectivity index (χ2n) is 5.01. The summed E-state index contributed by atoms with van der Waals surface area (Å²) in [6, 6.07) is 10.6. The maximum absolute atomic E-state index is 5.36. The fourth-order valence-corrected chi connectivity index (χ4v) is 2.65. The van der Waals surface area contributed by atoms with E-state index in [-0.39, 0.29) is 5.96 Å². The van der Waals surface area contributed by atoms with E-state index in [9.17, 15) is 0 Å². The quantitative estimate of drug-likeness (QED) is 0.639. The molecule has 0 fully saturated rings. The van der Waals surface area contributed by atoms with Crippen LogP contribution in [0.15, 0.2) is 41.5 Å². The molecule has 5 heteroatoms. The summed E-state index contributed by atoms with van der Waals surface area (Å²) < 4.78 is 0. The molecule has 1 aromatic carbocycles. The SMILES string of the molecule is NC(N)=Nc1cnc2c(n1)CCC(c1ccccc1)C2. The molecule has 1 unspecified atom stereocenters. The molecule has 0 spiro atoms. The van der Waals surface area contributed by atoms with E-state index in [0.29, 0.717) is 11.7 Å². The number of fused-ring (bicyclic) bond motifs is 1. The Hall–Kier alpha value is -2.43. The first kappa shape index (κ1) is 12.6. The van der Waals surface area contributed by atoms with E-state index in [1.165, 1.54) is 5.56 Å². The average Bonchev–Trinajstić information content (AvgIpc) is 2.47. The summed E-state index contributed by atoms with van der Waals surface area (Å²) in [5.41, 5.74) is 14.2. The first-order valence-corrected chi connectivity index (χ1v) is 6.72. The molecule has 1 aliphatic carbocycles. The van der Waals surface area contributed by atoms with Gasteiger partial charge in [-0.25, -0.2) is 4.98 Å². The molecule has 1 aromatic heterocycles. The van der Waals surface area contributed by atoms with Gasteiger partial charge in [0.05, 0.1) is 17.6 Å². The molecule has 0 saturated carbocycles. The van der Waals surface area contributed by atoms with Crippen molar-refractivity contribution in [2.45, 2.75) is 25.2 Å². The van der Waals surface area contributed by atoms with Gasteiger partial charge in [-0.15, -0.1) is 0 Å². The highest BCUT2D eigenvalue weighted by Crippen LogP contribution is 2.31. The summed E-state index contributed by atoms with van der Waals surface area (Å²) >= 11 is 0. The van der Waals surface area contributed by atoms with Crippen LogP contribution in [0.3, 0.4) is 0 Å². The fourth-order valence-electron chi connectivity index (χ4n) is 2.65. The number of aliphatic imine (C=N–C) groups is 1. The molecule has 0 saturated heterocycles. The van der Waals surface area contributed by atoms with Gasteiger partial charge in [-0.05, 0) is 30.7 Å². The molecule has 0 amide bonds. The summed E-state index contributed by atoms with van der Waals surface area (Å²) in [6.07, 6.45) is 4.55. The number of nitrogens with two attached hydrogens (primary N) is 2. The minimum Gasteiger partial charge on any atom is -0.370 e. The van der Waals surface area contributed by atoms with Gasteiger partial charge in [0, 0.05) is 0 Å². The van der Waals surface area contributed by atoms with Crippen molar-refractivity contribution >= 4 is 11.8 Å². The normalized spacial score (nSPS) is 17.3. The Kier molecular flexibility index (Phi) is 3.33. The van der Waals surface area contributed by atoms with Crippen LogP contribution in [0.2, 0.25) is 0 Å². The van der Waals surface area contributed by atoms with Crippen LogP contribution in [0.5, 0.6) is 0 Å². The second-order valence-corrected chi connectivity index (χ2v) is 5.01. The summed E-state index contributed by atoms with van der Waals surface area (Å²) in [6.45, 7) is 0. The van der Waals surface area contributed by atoms with Gasteiger partial charge in [0.25, 0.3) is 0 Å². The van der Waals surface area contributed by atoms with Crippen molar-refractivity contribution in [3.8, 4) is 0 Å². The number of aryl methyl sites for hydroxylation is 1. The first-order chi connectivity index (χ1) is 9.72. The Balaban J connectivity index is 1.84. The standard InChI is InChI=1S/C15H17N5/c16-15(17)20-14-9-18-13-8-11(6-7-12(13)19-14)10-4-2-1-3-5-10/h1-5,9,11H,6-8H2,(H4,16,17,19,20). The third kappa shape index (κ3) is 2.61. The highest BCUT2D eigenvalue weighted by atomic mass is 15.0. The Labute approximate surface area is 117 Å². The van der Waals surface area contributed by atoms with Crippen LogP contribution in [-0.4, -0.2) is 15.9 Å². The van der Waals surface area contributed by atoms with Gasteiger partial charge in [-0.1, -0.05) is 30.3 Å². The third-order valence-corrected chi connectivity index (χ3v) is 3.60. The van der Waals surface area contributed by atoms with Crippen molar-refractivity contribution in [1.82, 2.24) is 9.97 Å². The predicted octanol–water partition coefficient (Wildman–Crippen LogP) is 1.65. The zero-order chi connectivity index (χ0) is 13.9. The van der Waals surface area contributed by atoms with Crippen LogP contribution >= 0.6 is 0 Å². The van der Waals surface area contributed by atoms with E-state index in [1.807, 2.05) is 6.07 Å². The third-order valence-electron chi connectivity index (χ3n) is 3.60. The van der Waals surface area contributed by atoms with Crippen LogP contribution in [0, 0.1) is 0 Å². The summed E-state index contributed by atoms with van der Waals surface area (Å²) in [5.74, 6) is 1.02. The van der Waals surface area contributed by atoms with E-state index < -0.39 is 0 Å². The molecular weight excluding hydrogens is 250 g/mol. The molecule has 1 atom stereocenters. The van der Waals surface area contributed by atoms with Gasteiger partial charge in [0.1, 0.15) is 0 Å². The van der Waals surface area contributed by atoms with Crippen molar-refractivity contribution in [3.63, 3.8) is 0 Å². The van der Waals surface area contributed by atoms with E-state index in [2.05, 4.69) is 39.2 Å².